The number of anilines is 1. The van der Waals surface area contributed by atoms with Gasteiger partial charge in [-0.3, -0.25) is 14.5 Å². The van der Waals surface area contributed by atoms with Gasteiger partial charge in [-0.15, -0.1) is 0 Å². The maximum Gasteiger partial charge on any atom is 0.278 e. The molecule has 1 aliphatic rings. The van der Waals surface area contributed by atoms with Crippen LogP contribution in [-0.4, -0.2) is 42.2 Å². The van der Waals surface area contributed by atoms with E-state index in [0.29, 0.717) is 11.5 Å². The summed E-state index contributed by atoms with van der Waals surface area (Å²) in [7, 11) is 0. The molecule has 0 aliphatic carbocycles. The van der Waals surface area contributed by atoms with E-state index in [-0.39, 0.29) is 12.5 Å². The van der Waals surface area contributed by atoms with Crippen LogP contribution in [0.5, 0.6) is 0 Å². The molecular formula is C17H22N4O2. The number of nitrogens with two attached hydrogens (primary N) is 1. The number of aliphatic imine (C=N–C) groups is 1. The minimum atomic E-state index is -0.558. The zero-order valence-corrected chi connectivity index (χ0v) is 13.7. The molecule has 6 nitrogen and oxygen atoms in total. The van der Waals surface area contributed by atoms with Gasteiger partial charge in [0.1, 0.15) is 18.1 Å². The van der Waals surface area contributed by atoms with Gasteiger partial charge >= 0.3 is 0 Å². The lowest BCUT2D eigenvalue weighted by Gasteiger charge is -2.20. The van der Waals surface area contributed by atoms with Gasteiger partial charge in [-0.2, -0.15) is 0 Å². The fraction of sp³-hybridized carbons (Fsp3) is 0.353. The molecule has 1 aliphatic heterocycles. The Kier molecular flexibility index (Phi) is 5.16. The van der Waals surface area contributed by atoms with Crippen molar-refractivity contribution >= 4 is 29.4 Å². The number of carbonyl (C=O) groups is 2. The Hall–Kier alpha value is -2.63. The van der Waals surface area contributed by atoms with Gasteiger partial charge < -0.3 is 10.6 Å². The van der Waals surface area contributed by atoms with Crippen LogP contribution in [0.3, 0.4) is 0 Å². The highest BCUT2D eigenvalue weighted by Crippen LogP contribution is 2.20. The first-order chi connectivity index (χ1) is 11.0. The normalized spacial score (nSPS) is 16.0. The summed E-state index contributed by atoms with van der Waals surface area (Å²) in [6.45, 7) is 7.66. The first kappa shape index (κ1) is 16.7. The molecule has 1 aromatic carbocycles. The van der Waals surface area contributed by atoms with E-state index in [1.54, 1.807) is 13.0 Å². The molecule has 1 aromatic rings. The predicted molar refractivity (Wildman–Crippen MR) is 92.0 cm³/mol. The molecule has 0 radical (unpaired) electrons. The summed E-state index contributed by atoms with van der Waals surface area (Å²) in [6, 6.07) is 7.96. The number of hydrogen-bond acceptors (Lipinski definition) is 4. The van der Waals surface area contributed by atoms with Crippen LogP contribution < -0.4 is 10.6 Å². The highest BCUT2D eigenvalue weighted by molar-refractivity contribution is 6.15. The van der Waals surface area contributed by atoms with Crippen LogP contribution >= 0.6 is 0 Å². The quantitative estimate of drug-likeness (QED) is 0.810. The standard InChI is InChI=1S/C17H22N4O2/c1-4-20(5-2)14-8-6-13(7-9-14)10-15-17(23)21(11-16(18)22)12(3)19-15/h6-10H,4-5,11H2,1-3H3,(H2,18,22)/b15-10-. The van der Waals surface area contributed by atoms with Gasteiger partial charge in [0.05, 0.1) is 0 Å². The molecule has 2 amide bonds. The summed E-state index contributed by atoms with van der Waals surface area (Å²) in [5.74, 6) is -0.369. The van der Waals surface area contributed by atoms with E-state index in [0.717, 1.165) is 24.3 Å². The van der Waals surface area contributed by atoms with E-state index < -0.39 is 5.91 Å². The Morgan fingerprint density at radius 3 is 2.39 bits per heavy atom. The molecule has 23 heavy (non-hydrogen) atoms. The fourth-order valence-electron chi connectivity index (χ4n) is 2.53. The van der Waals surface area contributed by atoms with E-state index in [1.807, 2.05) is 24.3 Å². The van der Waals surface area contributed by atoms with E-state index >= 15 is 0 Å². The lowest BCUT2D eigenvalue weighted by molar-refractivity contribution is -0.127. The Balaban J connectivity index is 2.19. The molecule has 0 unspecified atom stereocenters. The van der Waals surface area contributed by atoms with E-state index in [9.17, 15) is 9.59 Å². The van der Waals surface area contributed by atoms with Crippen LogP contribution in [-0.2, 0) is 9.59 Å². The number of carbonyl (C=O) groups excluding carboxylic acids is 2. The van der Waals surface area contributed by atoms with Crippen LogP contribution in [0.2, 0.25) is 0 Å². The second kappa shape index (κ2) is 7.09. The van der Waals surface area contributed by atoms with Gasteiger partial charge in [0.2, 0.25) is 5.91 Å². The van der Waals surface area contributed by atoms with Gasteiger partial charge in [0.25, 0.3) is 5.91 Å². The summed E-state index contributed by atoms with van der Waals surface area (Å²) in [5, 5.41) is 0. The van der Waals surface area contributed by atoms with Gasteiger partial charge in [-0.1, -0.05) is 12.1 Å². The topological polar surface area (TPSA) is 79.0 Å². The summed E-state index contributed by atoms with van der Waals surface area (Å²) in [5.41, 5.74) is 7.51. The number of rotatable bonds is 6. The summed E-state index contributed by atoms with van der Waals surface area (Å²) in [6.07, 6.45) is 1.72. The van der Waals surface area contributed by atoms with Crippen molar-refractivity contribution in [3.8, 4) is 0 Å². The third-order valence-corrected chi connectivity index (χ3v) is 3.78. The van der Waals surface area contributed by atoms with Crippen molar-refractivity contribution in [1.82, 2.24) is 4.90 Å². The lowest BCUT2D eigenvalue weighted by atomic mass is 10.1. The second-order valence-electron chi connectivity index (χ2n) is 5.31. The number of primary amides is 1. The number of benzene rings is 1. The molecule has 122 valence electrons. The molecule has 0 atom stereocenters. The van der Waals surface area contributed by atoms with Crippen LogP contribution in [0.1, 0.15) is 26.3 Å². The largest absolute Gasteiger partial charge is 0.372 e. The fourth-order valence-corrected chi connectivity index (χ4v) is 2.53. The Morgan fingerprint density at radius 2 is 1.87 bits per heavy atom. The average molecular weight is 314 g/mol. The first-order valence-corrected chi connectivity index (χ1v) is 7.68. The molecule has 6 heteroatoms. The van der Waals surface area contributed by atoms with Crippen molar-refractivity contribution in [3.05, 3.63) is 35.5 Å². The van der Waals surface area contributed by atoms with Crippen LogP contribution in [0.15, 0.2) is 35.0 Å². The summed E-state index contributed by atoms with van der Waals surface area (Å²) >= 11 is 0. The molecule has 1 heterocycles. The van der Waals surface area contributed by atoms with Crippen LogP contribution in [0.4, 0.5) is 5.69 Å². The van der Waals surface area contributed by atoms with Gasteiger partial charge in [-0.05, 0) is 44.5 Å². The number of amides is 2. The molecule has 2 N–H and O–H groups in total. The summed E-state index contributed by atoms with van der Waals surface area (Å²) in [4.78, 5) is 31.0. The Labute approximate surface area is 136 Å². The molecule has 0 saturated carbocycles. The summed E-state index contributed by atoms with van der Waals surface area (Å²) < 4.78 is 0. The molecule has 0 saturated heterocycles. The number of nitrogens with zero attached hydrogens (tertiary/aromatic N) is 3. The van der Waals surface area contributed by atoms with Crippen molar-refractivity contribution in [1.29, 1.82) is 0 Å². The molecular weight excluding hydrogens is 292 g/mol. The van der Waals surface area contributed by atoms with Crippen molar-refractivity contribution in [3.63, 3.8) is 0 Å². The van der Waals surface area contributed by atoms with Crippen molar-refractivity contribution < 1.29 is 9.59 Å². The predicted octanol–water partition coefficient (Wildman–Crippen LogP) is 1.62. The average Bonchev–Trinajstić information content (AvgIpc) is 2.77. The molecule has 0 aromatic heterocycles. The van der Waals surface area contributed by atoms with E-state index in [2.05, 4.69) is 23.7 Å². The number of hydrogen-bond donors (Lipinski definition) is 1. The highest BCUT2D eigenvalue weighted by atomic mass is 16.2. The zero-order valence-electron chi connectivity index (χ0n) is 13.7. The molecule has 0 fully saturated rings. The van der Waals surface area contributed by atoms with Crippen LogP contribution in [0.25, 0.3) is 6.08 Å². The third-order valence-electron chi connectivity index (χ3n) is 3.78. The van der Waals surface area contributed by atoms with Crippen molar-refractivity contribution in [2.75, 3.05) is 24.5 Å². The van der Waals surface area contributed by atoms with Crippen LogP contribution in [0, 0.1) is 0 Å². The third kappa shape index (κ3) is 3.77. The lowest BCUT2D eigenvalue weighted by Crippen LogP contribution is -2.38. The second-order valence-corrected chi connectivity index (χ2v) is 5.31. The SMILES string of the molecule is CCN(CC)c1ccc(/C=C2\N=C(C)N(CC(N)=O)C2=O)cc1. The van der Waals surface area contributed by atoms with Crippen molar-refractivity contribution in [2.24, 2.45) is 10.7 Å². The minimum absolute atomic E-state index is 0.146. The maximum absolute atomic E-state index is 12.3. The van der Waals surface area contributed by atoms with Gasteiger partial charge in [-0.25, -0.2) is 4.99 Å². The number of amidine groups is 1. The Morgan fingerprint density at radius 1 is 1.26 bits per heavy atom. The van der Waals surface area contributed by atoms with Gasteiger partial charge in [0.15, 0.2) is 0 Å². The molecule has 0 bridgehead atoms. The van der Waals surface area contributed by atoms with E-state index in [1.165, 1.54) is 4.90 Å². The molecule has 2 rings (SSSR count). The van der Waals surface area contributed by atoms with Gasteiger partial charge in [0, 0.05) is 18.8 Å². The smallest absolute Gasteiger partial charge is 0.278 e. The highest BCUT2D eigenvalue weighted by Gasteiger charge is 2.28. The maximum atomic E-state index is 12.3. The van der Waals surface area contributed by atoms with Crippen molar-refractivity contribution in [2.45, 2.75) is 20.8 Å². The first-order valence-electron chi connectivity index (χ1n) is 7.68. The minimum Gasteiger partial charge on any atom is -0.372 e. The zero-order chi connectivity index (χ0) is 17.0. The van der Waals surface area contributed by atoms with E-state index in [4.69, 9.17) is 5.73 Å². The monoisotopic (exact) mass is 314 g/mol. The molecule has 0 spiro atoms. The Bertz CT molecular complexity index is 658.